The van der Waals surface area contributed by atoms with Gasteiger partial charge in [0.05, 0.1) is 5.69 Å². The summed E-state index contributed by atoms with van der Waals surface area (Å²) in [4.78, 5) is 22.8. The average Bonchev–Trinajstić information content (AvgIpc) is 2.93. The maximum Gasteiger partial charge on any atom is 0.328 e. The van der Waals surface area contributed by atoms with Crippen molar-refractivity contribution in [3.63, 3.8) is 0 Å². The number of benzene rings is 1. The van der Waals surface area contributed by atoms with Gasteiger partial charge in [-0.2, -0.15) is 0 Å². The highest BCUT2D eigenvalue weighted by atomic mass is 16.4. The molecule has 1 N–H and O–H groups in total. The van der Waals surface area contributed by atoms with Crippen LogP contribution in [-0.2, 0) is 4.79 Å². The van der Waals surface area contributed by atoms with E-state index in [1.54, 1.807) is 12.3 Å². The summed E-state index contributed by atoms with van der Waals surface area (Å²) in [6, 6.07) is 7.28. The Morgan fingerprint density at radius 1 is 1.25 bits per heavy atom. The zero-order valence-electron chi connectivity index (χ0n) is 10.2. The lowest BCUT2D eigenvalue weighted by Crippen LogP contribution is -1.92. The van der Waals surface area contributed by atoms with Crippen LogP contribution in [0.25, 0.3) is 28.4 Å². The fourth-order valence-electron chi connectivity index (χ4n) is 1.78. The van der Waals surface area contributed by atoms with Gasteiger partial charge in [-0.15, -0.1) is 0 Å². The summed E-state index contributed by atoms with van der Waals surface area (Å²) >= 11 is 0. The number of carboxylic acid groups (broad SMARTS) is 1. The first-order chi connectivity index (χ1) is 9.72. The number of aromatic nitrogens is 3. The molecule has 2 aromatic heterocycles. The van der Waals surface area contributed by atoms with Gasteiger partial charge in [0, 0.05) is 17.8 Å². The zero-order valence-corrected chi connectivity index (χ0v) is 10.2. The van der Waals surface area contributed by atoms with Crippen LogP contribution in [-0.4, -0.2) is 26.0 Å². The van der Waals surface area contributed by atoms with E-state index in [1.807, 2.05) is 18.2 Å². The second-order valence-corrected chi connectivity index (χ2v) is 4.01. The van der Waals surface area contributed by atoms with Crippen molar-refractivity contribution in [2.75, 3.05) is 0 Å². The fourth-order valence-corrected chi connectivity index (χ4v) is 1.78. The van der Waals surface area contributed by atoms with Crippen molar-refractivity contribution in [3.05, 3.63) is 48.8 Å². The number of hydrogen-bond donors (Lipinski definition) is 1. The molecule has 0 radical (unpaired) electrons. The maximum absolute atomic E-state index is 10.5. The van der Waals surface area contributed by atoms with E-state index >= 15 is 0 Å². The van der Waals surface area contributed by atoms with Crippen molar-refractivity contribution in [2.24, 2.45) is 0 Å². The van der Waals surface area contributed by atoms with E-state index < -0.39 is 5.97 Å². The number of rotatable bonds is 3. The van der Waals surface area contributed by atoms with Crippen LogP contribution in [0.3, 0.4) is 0 Å². The summed E-state index contributed by atoms with van der Waals surface area (Å²) in [7, 11) is 0. The minimum absolute atomic E-state index is 0.336. The largest absolute Gasteiger partial charge is 0.478 e. The second kappa shape index (κ2) is 4.93. The summed E-state index contributed by atoms with van der Waals surface area (Å²) in [5.41, 5.74) is 2.97. The molecule has 1 aromatic carbocycles. The molecule has 0 saturated carbocycles. The number of carbonyl (C=O) groups is 1. The van der Waals surface area contributed by atoms with Gasteiger partial charge in [-0.1, -0.05) is 6.07 Å². The lowest BCUT2D eigenvalue weighted by atomic mass is 10.1. The van der Waals surface area contributed by atoms with E-state index in [1.165, 1.54) is 12.5 Å². The molecule has 6 heteroatoms. The van der Waals surface area contributed by atoms with Gasteiger partial charge in [-0.05, 0) is 24.3 Å². The van der Waals surface area contributed by atoms with Crippen LogP contribution >= 0.6 is 0 Å². The van der Waals surface area contributed by atoms with Crippen LogP contribution in [0.4, 0.5) is 0 Å². The Kier molecular flexibility index (Phi) is 2.96. The van der Waals surface area contributed by atoms with E-state index in [-0.39, 0.29) is 0 Å². The van der Waals surface area contributed by atoms with Crippen LogP contribution in [0.15, 0.2) is 47.3 Å². The van der Waals surface area contributed by atoms with Crippen LogP contribution in [0.5, 0.6) is 0 Å². The van der Waals surface area contributed by atoms with Gasteiger partial charge >= 0.3 is 5.97 Å². The Labute approximate surface area is 113 Å². The third-order valence-electron chi connectivity index (χ3n) is 2.68. The predicted octanol–water partition coefficient (Wildman–Crippen LogP) is 2.38. The van der Waals surface area contributed by atoms with Gasteiger partial charge in [-0.25, -0.2) is 19.7 Å². The number of fused-ring (bicyclic) bond motifs is 1. The molecule has 98 valence electrons. The van der Waals surface area contributed by atoms with Crippen LogP contribution in [0, 0.1) is 0 Å². The molecule has 0 spiro atoms. The molecule has 0 amide bonds. The molecule has 3 aromatic rings. The molecule has 2 heterocycles. The molecule has 0 atom stereocenters. The van der Waals surface area contributed by atoms with Crippen molar-refractivity contribution in [1.29, 1.82) is 0 Å². The van der Waals surface area contributed by atoms with Crippen molar-refractivity contribution in [2.45, 2.75) is 0 Å². The van der Waals surface area contributed by atoms with Crippen molar-refractivity contribution in [1.82, 2.24) is 15.0 Å². The lowest BCUT2D eigenvalue weighted by molar-refractivity contribution is -0.131. The SMILES string of the molecule is O=C(O)/C=C/c1nccc(-c2ccc3ncoc3c2)n1. The first-order valence-electron chi connectivity index (χ1n) is 5.80. The summed E-state index contributed by atoms with van der Waals surface area (Å²) in [5, 5.41) is 8.59. The second-order valence-electron chi connectivity index (χ2n) is 4.01. The Hall–Kier alpha value is -3.02. The van der Waals surface area contributed by atoms with Crippen LogP contribution in [0.1, 0.15) is 5.82 Å². The smallest absolute Gasteiger partial charge is 0.328 e. The first kappa shape index (κ1) is 12.0. The zero-order chi connectivity index (χ0) is 13.9. The standard InChI is InChI=1S/C14H9N3O3/c18-14(19)4-3-13-15-6-5-10(17-13)9-1-2-11-12(7-9)20-8-16-11/h1-8H,(H,18,19)/b4-3+. The molecule has 0 unspecified atom stereocenters. The quantitative estimate of drug-likeness (QED) is 0.733. The Balaban J connectivity index is 2.00. The van der Waals surface area contributed by atoms with Gasteiger partial charge in [0.25, 0.3) is 0 Å². The molecule has 20 heavy (non-hydrogen) atoms. The number of carboxylic acids is 1. The molecule has 0 saturated heterocycles. The van der Waals surface area contributed by atoms with E-state index in [2.05, 4.69) is 15.0 Å². The monoisotopic (exact) mass is 267 g/mol. The highest BCUT2D eigenvalue weighted by molar-refractivity contribution is 5.84. The number of aliphatic carboxylic acids is 1. The van der Waals surface area contributed by atoms with Gasteiger partial charge in [-0.3, -0.25) is 0 Å². The minimum Gasteiger partial charge on any atom is -0.478 e. The Morgan fingerprint density at radius 2 is 2.15 bits per heavy atom. The third kappa shape index (κ3) is 2.39. The van der Waals surface area contributed by atoms with E-state index in [4.69, 9.17) is 9.52 Å². The Bertz CT molecular complexity index is 808. The molecule has 3 rings (SSSR count). The van der Waals surface area contributed by atoms with Gasteiger partial charge in [0.2, 0.25) is 0 Å². The Morgan fingerprint density at radius 3 is 3.00 bits per heavy atom. The summed E-state index contributed by atoms with van der Waals surface area (Å²) in [5.74, 6) is -0.704. The number of oxazole rings is 1. The minimum atomic E-state index is -1.04. The van der Waals surface area contributed by atoms with Crippen LogP contribution < -0.4 is 0 Å². The molecule has 0 aliphatic rings. The molecular weight excluding hydrogens is 258 g/mol. The average molecular weight is 267 g/mol. The molecular formula is C14H9N3O3. The number of hydrogen-bond acceptors (Lipinski definition) is 5. The summed E-state index contributed by atoms with van der Waals surface area (Å²) in [6.07, 6.45) is 5.31. The fraction of sp³-hybridized carbons (Fsp3) is 0. The molecule has 6 nitrogen and oxygen atoms in total. The highest BCUT2D eigenvalue weighted by Gasteiger charge is 2.04. The third-order valence-corrected chi connectivity index (χ3v) is 2.68. The number of nitrogens with zero attached hydrogens (tertiary/aromatic N) is 3. The summed E-state index contributed by atoms with van der Waals surface area (Å²) in [6.45, 7) is 0. The van der Waals surface area contributed by atoms with Crippen molar-refractivity contribution in [3.8, 4) is 11.3 Å². The van der Waals surface area contributed by atoms with E-state index in [0.717, 1.165) is 17.2 Å². The lowest BCUT2D eigenvalue weighted by Gasteiger charge is -2.01. The van der Waals surface area contributed by atoms with E-state index in [0.29, 0.717) is 17.1 Å². The molecule has 0 aliphatic carbocycles. The summed E-state index contributed by atoms with van der Waals surface area (Å²) < 4.78 is 5.24. The van der Waals surface area contributed by atoms with Gasteiger partial charge in [0.1, 0.15) is 5.52 Å². The highest BCUT2D eigenvalue weighted by Crippen LogP contribution is 2.22. The van der Waals surface area contributed by atoms with Crippen molar-refractivity contribution < 1.29 is 14.3 Å². The normalized spacial score (nSPS) is 11.2. The van der Waals surface area contributed by atoms with E-state index in [9.17, 15) is 4.79 Å². The maximum atomic E-state index is 10.5. The molecule has 0 bridgehead atoms. The van der Waals surface area contributed by atoms with Gasteiger partial charge in [0.15, 0.2) is 17.8 Å². The first-order valence-corrected chi connectivity index (χ1v) is 5.80. The molecule has 0 aliphatic heterocycles. The van der Waals surface area contributed by atoms with Crippen molar-refractivity contribution >= 4 is 23.1 Å². The predicted molar refractivity (Wildman–Crippen MR) is 71.7 cm³/mol. The van der Waals surface area contributed by atoms with Crippen LogP contribution in [0.2, 0.25) is 0 Å². The topological polar surface area (TPSA) is 89.1 Å². The molecule has 0 fully saturated rings. The van der Waals surface area contributed by atoms with Gasteiger partial charge < -0.3 is 9.52 Å².